The Bertz CT molecular complexity index is 281. The third-order valence-corrected chi connectivity index (χ3v) is 3.96. The van der Waals surface area contributed by atoms with E-state index in [1.165, 1.54) is 0 Å². The fraction of sp³-hybridized carbons (Fsp3) is 0.727. The van der Waals surface area contributed by atoms with Crippen LogP contribution in [-0.2, 0) is 0 Å². The van der Waals surface area contributed by atoms with Gasteiger partial charge in [0.25, 0.3) is 0 Å². The maximum Gasteiger partial charge on any atom is 0.109 e. The van der Waals surface area contributed by atoms with Gasteiger partial charge in [0.05, 0.1) is 12.1 Å². The fourth-order valence-corrected chi connectivity index (χ4v) is 2.77. The second-order valence-corrected chi connectivity index (χ2v) is 5.19. The molecule has 3 nitrogen and oxygen atoms in total. The summed E-state index contributed by atoms with van der Waals surface area (Å²) in [6.07, 6.45) is 5.80. The highest BCUT2D eigenvalue weighted by molar-refractivity contribution is 7.09. The van der Waals surface area contributed by atoms with Gasteiger partial charge in [0.15, 0.2) is 0 Å². The Labute approximate surface area is 94.5 Å². The van der Waals surface area contributed by atoms with Crippen LogP contribution >= 0.6 is 11.3 Å². The molecule has 0 bridgehead atoms. The van der Waals surface area contributed by atoms with E-state index in [4.69, 9.17) is 0 Å². The number of aliphatic hydroxyl groups is 1. The van der Waals surface area contributed by atoms with Gasteiger partial charge in [-0.25, -0.2) is 4.98 Å². The van der Waals surface area contributed by atoms with Crippen LogP contribution in [0.3, 0.4) is 0 Å². The molecule has 1 aliphatic carbocycles. The van der Waals surface area contributed by atoms with Gasteiger partial charge in [-0.1, -0.05) is 0 Å². The van der Waals surface area contributed by atoms with Crippen molar-refractivity contribution >= 4 is 11.3 Å². The van der Waals surface area contributed by atoms with Crippen LogP contribution in [0.4, 0.5) is 0 Å². The number of aromatic nitrogens is 1. The fourth-order valence-electron chi connectivity index (χ4n) is 2.12. The molecule has 1 atom stereocenters. The monoisotopic (exact) mass is 226 g/mol. The Hall–Kier alpha value is -0.450. The van der Waals surface area contributed by atoms with E-state index in [0.717, 1.165) is 30.7 Å². The van der Waals surface area contributed by atoms with E-state index >= 15 is 0 Å². The summed E-state index contributed by atoms with van der Waals surface area (Å²) in [6, 6.07) is 0.887. The van der Waals surface area contributed by atoms with Crippen molar-refractivity contribution < 1.29 is 5.11 Å². The second-order valence-electron chi connectivity index (χ2n) is 4.26. The van der Waals surface area contributed by atoms with Gasteiger partial charge in [-0.2, -0.15) is 0 Å². The number of nitrogens with one attached hydrogen (secondary N) is 1. The molecule has 0 aliphatic heterocycles. The molecule has 15 heavy (non-hydrogen) atoms. The van der Waals surface area contributed by atoms with Gasteiger partial charge in [-0.05, 0) is 32.6 Å². The Morgan fingerprint density at radius 3 is 2.80 bits per heavy atom. The first-order valence-corrected chi connectivity index (χ1v) is 6.47. The Morgan fingerprint density at radius 2 is 2.20 bits per heavy atom. The zero-order valence-corrected chi connectivity index (χ0v) is 9.83. The van der Waals surface area contributed by atoms with Crippen LogP contribution < -0.4 is 5.32 Å². The van der Waals surface area contributed by atoms with Crippen LogP contribution in [0.25, 0.3) is 0 Å². The highest BCUT2D eigenvalue weighted by Gasteiger charge is 2.21. The van der Waals surface area contributed by atoms with E-state index in [-0.39, 0.29) is 6.10 Å². The van der Waals surface area contributed by atoms with Crippen molar-refractivity contribution in [3.8, 4) is 0 Å². The number of hydrogen-bond acceptors (Lipinski definition) is 4. The second kappa shape index (κ2) is 5.05. The lowest BCUT2D eigenvalue weighted by Crippen LogP contribution is -2.36. The molecule has 0 amide bonds. The van der Waals surface area contributed by atoms with Crippen molar-refractivity contribution in [2.75, 3.05) is 0 Å². The smallest absolute Gasteiger partial charge is 0.109 e. The third-order valence-electron chi connectivity index (χ3n) is 3.00. The number of rotatable bonds is 3. The normalized spacial score (nSPS) is 28.9. The first kappa shape index (κ1) is 11.0. The number of nitrogens with zero attached hydrogens (tertiary/aromatic N) is 1. The van der Waals surface area contributed by atoms with Crippen LogP contribution in [0.1, 0.15) is 43.7 Å². The van der Waals surface area contributed by atoms with Gasteiger partial charge in [-0.15, -0.1) is 11.3 Å². The molecule has 1 saturated carbocycles. The van der Waals surface area contributed by atoms with Crippen molar-refractivity contribution in [1.29, 1.82) is 0 Å². The van der Waals surface area contributed by atoms with Crippen LogP contribution in [0.2, 0.25) is 0 Å². The van der Waals surface area contributed by atoms with E-state index < -0.39 is 0 Å². The predicted molar refractivity (Wildman–Crippen MR) is 61.9 cm³/mol. The van der Waals surface area contributed by atoms with Crippen LogP contribution in [0.5, 0.6) is 0 Å². The summed E-state index contributed by atoms with van der Waals surface area (Å²) >= 11 is 1.70. The van der Waals surface area contributed by atoms with Crippen LogP contribution in [-0.4, -0.2) is 22.2 Å². The molecule has 4 heteroatoms. The zero-order valence-electron chi connectivity index (χ0n) is 9.02. The topological polar surface area (TPSA) is 45.1 Å². The van der Waals surface area contributed by atoms with Crippen molar-refractivity contribution in [2.24, 2.45) is 0 Å². The lowest BCUT2D eigenvalue weighted by Gasteiger charge is -2.28. The van der Waals surface area contributed by atoms with Crippen LogP contribution in [0.15, 0.2) is 11.6 Å². The average Bonchev–Trinajstić information content (AvgIpc) is 2.74. The Kier molecular flexibility index (Phi) is 3.72. The lowest BCUT2D eigenvalue weighted by atomic mass is 9.93. The van der Waals surface area contributed by atoms with E-state index in [1.54, 1.807) is 11.3 Å². The number of aliphatic hydroxyl groups excluding tert-OH is 1. The maximum absolute atomic E-state index is 9.41. The van der Waals surface area contributed by atoms with E-state index in [0.29, 0.717) is 12.1 Å². The van der Waals surface area contributed by atoms with Crippen molar-refractivity contribution in [2.45, 2.75) is 50.8 Å². The minimum atomic E-state index is -0.0711. The quantitative estimate of drug-likeness (QED) is 0.829. The number of thiazole rings is 1. The minimum Gasteiger partial charge on any atom is -0.393 e. The van der Waals surface area contributed by atoms with E-state index in [2.05, 4.69) is 17.2 Å². The largest absolute Gasteiger partial charge is 0.393 e. The van der Waals surface area contributed by atoms with Crippen LogP contribution in [0, 0.1) is 0 Å². The molecule has 1 fully saturated rings. The minimum absolute atomic E-state index is 0.0711. The van der Waals surface area contributed by atoms with Gasteiger partial charge in [-0.3, -0.25) is 0 Å². The molecule has 2 N–H and O–H groups in total. The molecular weight excluding hydrogens is 208 g/mol. The summed E-state index contributed by atoms with van der Waals surface area (Å²) in [5.41, 5.74) is 0. The highest BCUT2D eigenvalue weighted by Crippen LogP contribution is 2.22. The Balaban J connectivity index is 1.82. The SMILES string of the molecule is C[C@@H](NC1CCC(O)CC1)c1nccs1. The molecule has 1 aliphatic rings. The average molecular weight is 226 g/mol. The van der Waals surface area contributed by atoms with Gasteiger partial charge in [0, 0.05) is 17.6 Å². The van der Waals surface area contributed by atoms with E-state index in [1.807, 2.05) is 11.6 Å². The van der Waals surface area contributed by atoms with Gasteiger partial charge >= 0.3 is 0 Å². The summed E-state index contributed by atoms with van der Waals surface area (Å²) in [7, 11) is 0. The zero-order chi connectivity index (χ0) is 10.7. The summed E-state index contributed by atoms with van der Waals surface area (Å²) in [6.45, 7) is 2.16. The molecule has 0 spiro atoms. The molecule has 0 radical (unpaired) electrons. The predicted octanol–water partition coefficient (Wildman–Crippen LogP) is 2.10. The molecule has 0 unspecified atom stereocenters. The third kappa shape index (κ3) is 3.00. The molecule has 2 rings (SSSR count). The summed E-state index contributed by atoms with van der Waals surface area (Å²) in [4.78, 5) is 4.30. The van der Waals surface area contributed by atoms with Gasteiger partial charge in [0.2, 0.25) is 0 Å². The molecule has 84 valence electrons. The molecular formula is C11H18N2OS. The van der Waals surface area contributed by atoms with Gasteiger partial charge in [0.1, 0.15) is 5.01 Å². The lowest BCUT2D eigenvalue weighted by molar-refractivity contribution is 0.114. The Morgan fingerprint density at radius 1 is 1.47 bits per heavy atom. The molecule has 1 heterocycles. The summed E-state index contributed by atoms with van der Waals surface area (Å²) in [5, 5.41) is 16.2. The highest BCUT2D eigenvalue weighted by atomic mass is 32.1. The van der Waals surface area contributed by atoms with Gasteiger partial charge < -0.3 is 10.4 Å². The van der Waals surface area contributed by atoms with Crippen molar-refractivity contribution in [3.63, 3.8) is 0 Å². The number of hydrogen-bond donors (Lipinski definition) is 2. The molecule has 0 aromatic carbocycles. The van der Waals surface area contributed by atoms with E-state index in [9.17, 15) is 5.11 Å². The maximum atomic E-state index is 9.41. The molecule has 1 aromatic rings. The standard InChI is InChI=1S/C11H18N2OS/c1-8(11-12-6-7-15-11)13-9-2-4-10(14)5-3-9/h6-10,13-14H,2-5H2,1H3/t8-,9?,10?/m1/s1. The summed E-state index contributed by atoms with van der Waals surface area (Å²) < 4.78 is 0. The first-order valence-electron chi connectivity index (χ1n) is 5.59. The first-order chi connectivity index (χ1) is 7.25. The van der Waals surface area contributed by atoms with Crippen molar-refractivity contribution in [1.82, 2.24) is 10.3 Å². The summed E-state index contributed by atoms with van der Waals surface area (Å²) in [5.74, 6) is 0. The van der Waals surface area contributed by atoms with Crippen molar-refractivity contribution in [3.05, 3.63) is 16.6 Å². The molecule has 0 saturated heterocycles. The molecule has 1 aromatic heterocycles.